The molecule has 1 saturated heterocycles. The summed E-state index contributed by atoms with van der Waals surface area (Å²) in [6.45, 7) is 4.82. The van der Waals surface area contributed by atoms with Crippen molar-refractivity contribution in [3.05, 3.63) is 0 Å². The van der Waals surface area contributed by atoms with Crippen molar-refractivity contribution >= 4 is 0 Å². The van der Waals surface area contributed by atoms with E-state index in [-0.39, 0.29) is 6.23 Å². The van der Waals surface area contributed by atoms with Crippen molar-refractivity contribution in [1.82, 2.24) is 4.90 Å². The Morgan fingerprint density at radius 3 is 3.18 bits per heavy atom. The lowest BCUT2D eigenvalue weighted by atomic mass is 10.3. The van der Waals surface area contributed by atoms with E-state index in [4.69, 9.17) is 10.00 Å². The molecular weight excluding hydrogens is 140 g/mol. The van der Waals surface area contributed by atoms with Crippen LogP contribution < -0.4 is 0 Å². The van der Waals surface area contributed by atoms with Crippen LogP contribution in [0.3, 0.4) is 0 Å². The van der Waals surface area contributed by atoms with Crippen LogP contribution in [0.5, 0.6) is 0 Å². The number of ether oxygens (including phenoxy) is 1. The lowest BCUT2D eigenvalue weighted by Gasteiger charge is -2.32. The highest BCUT2D eigenvalue weighted by molar-refractivity contribution is 4.74. The van der Waals surface area contributed by atoms with E-state index < -0.39 is 0 Å². The first kappa shape index (κ1) is 8.51. The van der Waals surface area contributed by atoms with Gasteiger partial charge in [-0.15, -0.1) is 0 Å². The molecule has 0 N–H and O–H groups in total. The molecule has 62 valence electrons. The molecule has 0 aromatic carbocycles. The van der Waals surface area contributed by atoms with E-state index in [2.05, 4.69) is 11.0 Å². The Balaban J connectivity index is 2.25. The largest absolute Gasteiger partial charge is 0.363 e. The van der Waals surface area contributed by atoms with Gasteiger partial charge in [0, 0.05) is 26.1 Å². The summed E-state index contributed by atoms with van der Waals surface area (Å²) < 4.78 is 5.40. The fourth-order valence-electron chi connectivity index (χ4n) is 1.30. The molecule has 0 aromatic rings. The van der Waals surface area contributed by atoms with Gasteiger partial charge in [-0.2, -0.15) is 5.26 Å². The predicted molar refractivity (Wildman–Crippen MR) is 41.8 cm³/mol. The van der Waals surface area contributed by atoms with Crippen LogP contribution in [0.15, 0.2) is 0 Å². The Morgan fingerprint density at radius 1 is 1.73 bits per heavy atom. The van der Waals surface area contributed by atoms with Crippen molar-refractivity contribution in [2.24, 2.45) is 0 Å². The molecule has 0 aliphatic carbocycles. The molecule has 1 aliphatic heterocycles. The quantitative estimate of drug-likeness (QED) is 0.594. The van der Waals surface area contributed by atoms with Crippen LogP contribution in [-0.2, 0) is 4.74 Å². The number of hydrogen-bond acceptors (Lipinski definition) is 3. The fourth-order valence-corrected chi connectivity index (χ4v) is 1.30. The molecular formula is C8H14N2O. The minimum Gasteiger partial charge on any atom is -0.363 e. The van der Waals surface area contributed by atoms with E-state index in [1.807, 2.05) is 6.92 Å². The van der Waals surface area contributed by atoms with Crippen molar-refractivity contribution in [3.8, 4) is 6.07 Å². The van der Waals surface area contributed by atoms with Gasteiger partial charge in [0.25, 0.3) is 0 Å². The molecule has 1 aliphatic rings. The van der Waals surface area contributed by atoms with Gasteiger partial charge in [-0.05, 0) is 13.3 Å². The maximum absolute atomic E-state index is 8.37. The number of rotatable bonds is 2. The summed E-state index contributed by atoms with van der Waals surface area (Å²) in [5.41, 5.74) is 0. The summed E-state index contributed by atoms with van der Waals surface area (Å²) in [6.07, 6.45) is 1.90. The highest BCUT2D eigenvalue weighted by Crippen LogP contribution is 2.09. The zero-order valence-electron chi connectivity index (χ0n) is 6.92. The van der Waals surface area contributed by atoms with Gasteiger partial charge < -0.3 is 4.74 Å². The Kier molecular flexibility index (Phi) is 3.34. The molecule has 11 heavy (non-hydrogen) atoms. The first-order valence-electron chi connectivity index (χ1n) is 4.07. The maximum atomic E-state index is 8.37. The van der Waals surface area contributed by atoms with Gasteiger partial charge in [0.05, 0.1) is 6.07 Å². The minimum absolute atomic E-state index is 0.206. The van der Waals surface area contributed by atoms with E-state index in [0.29, 0.717) is 6.42 Å². The summed E-state index contributed by atoms with van der Waals surface area (Å²) >= 11 is 0. The maximum Gasteiger partial charge on any atom is 0.107 e. The summed E-state index contributed by atoms with van der Waals surface area (Å²) in [6, 6.07) is 2.14. The topological polar surface area (TPSA) is 36.3 Å². The second kappa shape index (κ2) is 4.32. The van der Waals surface area contributed by atoms with Crippen LogP contribution >= 0.6 is 0 Å². The van der Waals surface area contributed by atoms with Gasteiger partial charge in [0.15, 0.2) is 0 Å². The van der Waals surface area contributed by atoms with E-state index in [9.17, 15) is 0 Å². The molecule has 3 heteroatoms. The second-order valence-corrected chi connectivity index (χ2v) is 2.77. The fraction of sp³-hybridized carbons (Fsp3) is 0.875. The smallest absolute Gasteiger partial charge is 0.107 e. The van der Waals surface area contributed by atoms with E-state index >= 15 is 0 Å². The lowest BCUT2D eigenvalue weighted by molar-refractivity contribution is -0.0823. The monoisotopic (exact) mass is 154 g/mol. The third kappa shape index (κ3) is 2.49. The van der Waals surface area contributed by atoms with Crippen molar-refractivity contribution in [3.63, 3.8) is 0 Å². The standard InChI is InChI=1S/C8H14N2O/c1-8-10(5-2-4-9)6-3-7-11-8/h8H,2-3,5-7H2,1H3. The highest BCUT2D eigenvalue weighted by atomic mass is 16.5. The molecule has 0 aromatic heterocycles. The molecule has 0 radical (unpaired) electrons. The molecule has 1 unspecified atom stereocenters. The van der Waals surface area contributed by atoms with Crippen LogP contribution in [0.2, 0.25) is 0 Å². The Hall–Kier alpha value is -0.590. The number of nitriles is 1. The van der Waals surface area contributed by atoms with Crippen LogP contribution in [-0.4, -0.2) is 30.8 Å². The molecule has 0 saturated carbocycles. The van der Waals surface area contributed by atoms with E-state index in [1.54, 1.807) is 0 Å². The van der Waals surface area contributed by atoms with Gasteiger partial charge in [0.2, 0.25) is 0 Å². The van der Waals surface area contributed by atoms with Crippen molar-refractivity contribution in [2.45, 2.75) is 26.0 Å². The van der Waals surface area contributed by atoms with Gasteiger partial charge in [-0.1, -0.05) is 0 Å². The van der Waals surface area contributed by atoms with Gasteiger partial charge in [-0.25, -0.2) is 0 Å². The van der Waals surface area contributed by atoms with Gasteiger partial charge in [0.1, 0.15) is 6.23 Å². The first-order chi connectivity index (χ1) is 5.34. The van der Waals surface area contributed by atoms with Crippen molar-refractivity contribution in [1.29, 1.82) is 5.26 Å². The molecule has 1 heterocycles. The number of nitrogens with zero attached hydrogens (tertiary/aromatic N) is 2. The summed E-state index contributed by atoms with van der Waals surface area (Å²) in [5.74, 6) is 0. The summed E-state index contributed by atoms with van der Waals surface area (Å²) in [4.78, 5) is 2.20. The number of hydrogen-bond donors (Lipinski definition) is 0. The molecule has 0 spiro atoms. The molecule has 0 bridgehead atoms. The van der Waals surface area contributed by atoms with E-state index in [1.165, 1.54) is 0 Å². The van der Waals surface area contributed by atoms with Crippen molar-refractivity contribution < 1.29 is 4.74 Å². The highest BCUT2D eigenvalue weighted by Gasteiger charge is 2.17. The zero-order valence-corrected chi connectivity index (χ0v) is 6.92. The molecule has 1 rings (SSSR count). The van der Waals surface area contributed by atoms with Crippen molar-refractivity contribution in [2.75, 3.05) is 19.7 Å². The molecule has 3 nitrogen and oxygen atoms in total. The SMILES string of the molecule is CC1OCCCN1CCC#N. The Labute approximate surface area is 67.6 Å². The Bertz CT molecular complexity index is 153. The minimum atomic E-state index is 0.206. The predicted octanol–water partition coefficient (Wildman–Crippen LogP) is 0.968. The van der Waals surface area contributed by atoms with Gasteiger partial charge >= 0.3 is 0 Å². The lowest BCUT2D eigenvalue weighted by Crippen LogP contribution is -2.41. The van der Waals surface area contributed by atoms with Crippen LogP contribution in [0.25, 0.3) is 0 Å². The third-order valence-electron chi connectivity index (χ3n) is 1.97. The van der Waals surface area contributed by atoms with Crippen LogP contribution in [0, 0.1) is 11.3 Å². The average Bonchev–Trinajstić information content (AvgIpc) is 2.03. The first-order valence-corrected chi connectivity index (χ1v) is 4.07. The zero-order chi connectivity index (χ0) is 8.10. The average molecular weight is 154 g/mol. The van der Waals surface area contributed by atoms with E-state index in [0.717, 1.165) is 26.1 Å². The second-order valence-electron chi connectivity index (χ2n) is 2.77. The molecule has 1 atom stereocenters. The third-order valence-corrected chi connectivity index (χ3v) is 1.97. The van der Waals surface area contributed by atoms with Crippen LogP contribution in [0.4, 0.5) is 0 Å². The molecule has 0 amide bonds. The normalized spacial score (nSPS) is 26.4. The van der Waals surface area contributed by atoms with Gasteiger partial charge in [-0.3, -0.25) is 4.90 Å². The van der Waals surface area contributed by atoms with Crippen LogP contribution in [0.1, 0.15) is 19.8 Å². The molecule has 1 fully saturated rings. The summed E-state index contributed by atoms with van der Waals surface area (Å²) in [7, 11) is 0. The Morgan fingerprint density at radius 2 is 2.55 bits per heavy atom. The summed E-state index contributed by atoms with van der Waals surface area (Å²) in [5, 5.41) is 8.37.